The van der Waals surface area contributed by atoms with E-state index in [9.17, 15) is 4.79 Å². The van der Waals surface area contributed by atoms with Crippen LogP contribution in [0.3, 0.4) is 0 Å². The van der Waals surface area contributed by atoms with Crippen molar-refractivity contribution >= 4 is 33.3 Å². The lowest BCUT2D eigenvalue weighted by Gasteiger charge is -2.31. The van der Waals surface area contributed by atoms with Crippen molar-refractivity contribution in [3.8, 4) is 0 Å². The highest BCUT2D eigenvalue weighted by Gasteiger charge is 2.22. The number of amides is 2. The Morgan fingerprint density at radius 2 is 2.10 bits per heavy atom. The summed E-state index contributed by atoms with van der Waals surface area (Å²) >= 11 is 1.65. The minimum atomic E-state index is -0.0116. The number of rotatable bonds is 2. The molecule has 2 amide bonds. The van der Waals surface area contributed by atoms with Crippen molar-refractivity contribution in [1.82, 2.24) is 9.88 Å². The molecule has 0 atom stereocenters. The van der Waals surface area contributed by atoms with E-state index in [0.717, 1.165) is 33.8 Å². The number of aromatic nitrogens is 1. The van der Waals surface area contributed by atoms with E-state index in [-0.39, 0.29) is 6.03 Å². The predicted molar refractivity (Wildman–Crippen MR) is 88.0 cm³/mol. The van der Waals surface area contributed by atoms with Crippen LogP contribution in [0.5, 0.6) is 0 Å². The summed E-state index contributed by atoms with van der Waals surface area (Å²) in [5.74, 6) is 0. The second-order valence-electron chi connectivity index (χ2n) is 5.75. The molecule has 0 radical (unpaired) electrons. The number of carbonyl (C=O) groups excluding carboxylic acids is 1. The molecule has 1 fully saturated rings. The van der Waals surface area contributed by atoms with Crippen LogP contribution in [0, 0.1) is 6.92 Å². The van der Waals surface area contributed by atoms with Gasteiger partial charge in [0.2, 0.25) is 0 Å². The van der Waals surface area contributed by atoms with Gasteiger partial charge in [0, 0.05) is 18.8 Å². The van der Waals surface area contributed by atoms with E-state index >= 15 is 0 Å². The van der Waals surface area contributed by atoms with E-state index in [2.05, 4.69) is 10.3 Å². The molecule has 0 spiro atoms. The van der Waals surface area contributed by atoms with Gasteiger partial charge >= 0.3 is 6.03 Å². The first-order valence-electron chi connectivity index (χ1n) is 7.54. The molecular weight excluding hydrogens is 282 g/mol. The minimum Gasteiger partial charge on any atom is -0.325 e. The van der Waals surface area contributed by atoms with Crippen molar-refractivity contribution in [3.05, 3.63) is 23.2 Å². The third-order valence-corrected chi connectivity index (χ3v) is 5.12. The van der Waals surface area contributed by atoms with E-state index in [4.69, 9.17) is 0 Å². The fourth-order valence-electron chi connectivity index (χ4n) is 2.96. The zero-order valence-corrected chi connectivity index (χ0v) is 13.4. The van der Waals surface area contributed by atoms with Crippen LogP contribution < -0.4 is 5.32 Å². The van der Waals surface area contributed by atoms with Gasteiger partial charge < -0.3 is 10.2 Å². The van der Waals surface area contributed by atoms with Gasteiger partial charge in [-0.2, -0.15) is 0 Å². The Bertz CT molecular complexity index is 646. The van der Waals surface area contributed by atoms with Crippen LogP contribution in [0.4, 0.5) is 10.5 Å². The number of anilines is 1. The summed E-state index contributed by atoms with van der Waals surface area (Å²) in [6, 6.07) is 6.27. The molecule has 112 valence electrons. The molecule has 1 heterocycles. The first-order chi connectivity index (χ1) is 10.1. The Balaban J connectivity index is 1.69. The van der Waals surface area contributed by atoms with E-state index < -0.39 is 0 Å². The Kier molecular flexibility index (Phi) is 4.10. The average molecular weight is 303 g/mol. The summed E-state index contributed by atoms with van der Waals surface area (Å²) in [5.41, 5.74) is 1.84. The number of benzene rings is 1. The Labute approximate surface area is 129 Å². The lowest BCUT2D eigenvalue weighted by atomic mass is 9.95. The molecule has 21 heavy (non-hydrogen) atoms. The number of thiazole rings is 1. The van der Waals surface area contributed by atoms with Gasteiger partial charge in [0.15, 0.2) is 0 Å². The number of carbonyl (C=O) groups is 1. The lowest BCUT2D eigenvalue weighted by molar-refractivity contribution is 0.186. The summed E-state index contributed by atoms with van der Waals surface area (Å²) in [6.07, 6.45) is 6.00. The third-order valence-electron chi connectivity index (χ3n) is 4.19. The summed E-state index contributed by atoms with van der Waals surface area (Å²) in [6.45, 7) is 2.00. The van der Waals surface area contributed by atoms with Crippen LogP contribution in [-0.4, -0.2) is 29.0 Å². The van der Waals surface area contributed by atoms with Gasteiger partial charge in [0.1, 0.15) is 0 Å². The van der Waals surface area contributed by atoms with Crippen LogP contribution in [0.15, 0.2) is 18.2 Å². The van der Waals surface area contributed by atoms with Crippen LogP contribution >= 0.6 is 11.3 Å². The molecule has 4 nitrogen and oxygen atoms in total. The number of fused-ring (bicyclic) bond motifs is 1. The molecular formula is C16H21N3OS. The van der Waals surface area contributed by atoms with Crippen LogP contribution in [0.2, 0.25) is 0 Å². The molecule has 0 aliphatic heterocycles. The number of nitrogens with zero attached hydrogens (tertiary/aromatic N) is 2. The lowest BCUT2D eigenvalue weighted by Crippen LogP contribution is -2.40. The van der Waals surface area contributed by atoms with Gasteiger partial charge in [-0.25, -0.2) is 9.78 Å². The number of nitrogens with one attached hydrogen (secondary N) is 1. The van der Waals surface area contributed by atoms with Gasteiger partial charge in [-0.1, -0.05) is 19.3 Å². The molecule has 2 aromatic rings. The molecule has 1 aliphatic rings. The molecule has 1 saturated carbocycles. The fraction of sp³-hybridized carbons (Fsp3) is 0.500. The first kappa shape index (κ1) is 14.3. The molecule has 1 aromatic carbocycles. The largest absolute Gasteiger partial charge is 0.325 e. The van der Waals surface area contributed by atoms with Crippen molar-refractivity contribution in [3.63, 3.8) is 0 Å². The average Bonchev–Trinajstić information content (AvgIpc) is 2.86. The van der Waals surface area contributed by atoms with Crippen molar-refractivity contribution in [1.29, 1.82) is 0 Å². The highest BCUT2D eigenvalue weighted by molar-refractivity contribution is 7.18. The fourth-order valence-corrected chi connectivity index (χ4v) is 3.83. The molecule has 0 bridgehead atoms. The van der Waals surface area contributed by atoms with E-state index in [1.807, 2.05) is 37.1 Å². The van der Waals surface area contributed by atoms with E-state index in [1.165, 1.54) is 19.3 Å². The highest BCUT2D eigenvalue weighted by atomic mass is 32.1. The molecule has 1 N–H and O–H groups in total. The first-order valence-corrected chi connectivity index (χ1v) is 8.36. The topological polar surface area (TPSA) is 45.2 Å². The second kappa shape index (κ2) is 6.02. The summed E-state index contributed by atoms with van der Waals surface area (Å²) in [5, 5.41) is 4.06. The standard InChI is InChI=1S/C16H21N3OS/c1-11-17-14-9-8-12(10-15(14)21-11)18-16(20)19(2)13-6-4-3-5-7-13/h8-10,13H,3-7H2,1-2H3,(H,18,20). The molecule has 0 unspecified atom stereocenters. The van der Waals surface area contributed by atoms with Crippen LogP contribution in [0.25, 0.3) is 10.2 Å². The Morgan fingerprint density at radius 1 is 1.33 bits per heavy atom. The normalized spacial score (nSPS) is 16.1. The highest BCUT2D eigenvalue weighted by Crippen LogP contribution is 2.26. The summed E-state index contributed by atoms with van der Waals surface area (Å²) in [4.78, 5) is 18.7. The predicted octanol–water partition coefficient (Wildman–Crippen LogP) is 4.40. The van der Waals surface area contributed by atoms with Gasteiger partial charge in [-0.3, -0.25) is 0 Å². The van der Waals surface area contributed by atoms with Crippen molar-refractivity contribution < 1.29 is 4.79 Å². The summed E-state index contributed by atoms with van der Waals surface area (Å²) < 4.78 is 1.12. The number of hydrogen-bond donors (Lipinski definition) is 1. The molecule has 1 aromatic heterocycles. The Hall–Kier alpha value is -1.62. The monoisotopic (exact) mass is 303 g/mol. The number of aryl methyl sites for hydroxylation is 1. The van der Waals surface area contributed by atoms with Gasteiger partial charge in [-0.15, -0.1) is 11.3 Å². The van der Waals surface area contributed by atoms with Gasteiger partial charge in [-0.05, 0) is 38.0 Å². The van der Waals surface area contributed by atoms with Crippen LogP contribution in [0.1, 0.15) is 37.1 Å². The second-order valence-corrected chi connectivity index (χ2v) is 6.98. The SMILES string of the molecule is Cc1nc2ccc(NC(=O)N(C)C3CCCCC3)cc2s1. The quantitative estimate of drug-likeness (QED) is 0.893. The van der Waals surface area contributed by atoms with Gasteiger partial charge in [0.25, 0.3) is 0 Å². The Morgan fingerprint density at radius 3 is 2.86 bits per heavy atom. The van der Waals surface area contributed by atoms with Crippen LogP contribution in [-0.2, 0) is 0 Å². The smallest absolute Gasteiger partial charge is 0.321 e. The molecule has 5 heteroatoms. The van der Waals surface area contributed by atoms with Crippen molar-refractivity contribution in [2.24, 2.45) is 0 Å². The molecule has 3 rings (SSSR count). The molecule has 0 saturated heterocycles. The third kappa shape index (κ3) is 3.18. The van der Waals surface area contributed by atoms with Crippen molar-refractivity contribution in [2.45, 2.75) is 45.1 Å². The van der Waals surface area contributed by atoms with E-state index in [1.54, 1.807) is 11.3 Å². The summed E-state index contributed by atoms with van der Waals surface area (Å²) in [7, 11) is 1.90. The van der Waals surface area contributed by atoms with Crippen molar-refractivity contribution in [2.75, 3.05) is 12.4 Å². The minimum absolute atomic E-state index is 0.0116. The maximum atomic E-state index is 12.4. The maximum Gasteiger partial charge on any atom is 0.321 e. The zero-order valence-electron chi connectivity index (χ0n) is 12.6. The number of hydrogen-bond acceptors (Lipinski definition) is 3. The molecule has 1 aliphatic carbocycles. The number of urea groups is 1. The van der Waals surface area contributed by atoms with Gasteiger partial charge in [0.05, 0.1) is 15.2 Å². The van der Waals surface area contributed by atoms with E-state index in [0.29, 0.717) is 6.04 Å². The zero-order chi connectivity index (χ0) is 14.8. The maximum absolute atomic E-state index is 12.4.